The van der Waals surface area contributed by atoms with Crippen LogP contribution >= 0.6 is 0 Å². The van der Waals surface area contributed by atoms with Gasteiger partial charge in [0.15, 0.2) is 0 Å². The van der Waals surface area contributed by atoms with Crippen molar-refractivity contribution < 1.29 is 37.7 Å². The number of fused-ring (bicyclic) bond motifs is 3. The first-order valence-corrected chi connectivity index (χ1v) is 10.2. The van der Waals surface area contributed by atoms with E-state index in [-0.39, 0.29) is 25.6 Å². The molecular weight excluding hydrogens is 438 g/mol. The fourth-order valence-electron chi connectivity index (χ4n) is 3.67. The van der Waals surface area contributed by atoms with E-state index in [9.17, 15) is 23.2 Å². The van der Waals surface area contributed by atoms with Crippen molar-refractivity contribution in [2.75, 3.05) is 26.9 Å². The van der Waals surface area contributed by atoms with Crippen molar-refractivity contribution >= 4 is 18.0 Å². The van der Waals surface area contributed by atoms with Gasteiger partial charge in [0.2, 0.25) is 0 Å². The zero-order valence-electron chi connectivity index (χ0n) is 17.8. The summed E-state index contributed by atoms with van der Waals surface area (Å²) >= 11 is 0. The highest BCUT2D eigenvalue weighted by atomic mass is 19.3. The van der Waals surface area contributed by atoms with Gasteiger partial charge in [0.05, 0.1) is 6.54 Å². The summed E-state index contributed by atoms with van der Waals surface area (Å²) in [6, 6.07) is 13.8. The molecule has 1 aliphatic rings. The van der Waals surface area contributed by atoms with Crippen LogP contribution in [0.2, 0.25) is 0 Å². The Labute approximate surface area is 188 Å². The number of hydrogen-bond acceptors (Lipinski definition) is 5. The number of carboxylic acids is 1. The van der Waals surface area contributed by atoms with Gasteiger partial charge in [-0.2, -0.15) is 8.78 Å². The van der Waals surface area contributed by atoms with Gasteiger partial charge in [-0.1, -0.05) is 48.5 Å². The average molecular weight is 462 g/mol. The summed E-state index contributed by atoms with van der Waals surface area (Å²) in [6.07, 6.45) is -1.30. The number of benzene rings is 2. The molecule has 10 heteroatoms. The number of methoxy groups -OCH3 is 1. The Morgan fingerprint density at radius 3 is 2.18 bits per heavy atom. The number of amides is 2. The van der Waals surface area contributed by atoms with Crippen molar-refractivity contribution in [3.05, 3.63) is 59.7 Å². The number of halogens is 2. The van der Waals surface area contributed by atoms with Gasteiger partial charge in [0, 0.05) is 26.1 Å². The Balaban J connectivity index is 1.55. The number of alkyl halides is 2. The molecular formula is C23H24F2N2O6. The summed E-state index contributed by atoms with van der Waals surface area (Å²) in [7, 11) is 1.31. The van der Waals surface area contributed by atoms with Gasteiger partial charge in [0.25, 0.3) is 5.91 Å². The summed E-state index contributed by atoms with van der Waals surface area (Å²) in [6.45, 7) is -1.46. The number of carboxylic acid groups (broad SMARTS) is 1. The lowest BCUT2D eigenvalue weighted by atomic mass is 9.98. The van der Waals surface area contributed by atoms with E-state index < -0.39 is 36.5 Å². The topological polar surface area (TPSA) is 114 Å². The van der Waals surface area contributed by atoms with E-state index >= 15 is 0 Å². The van der Waals surface area contributed by atoms with Gasteiger partial charge in [-0.3, -0.25) is 4.79 Å². The maximum Gasteiger partial charge on any atom is 0.407 e. The van der Waals surface area contributed by atoms with Crippen LogP contribution in [0.1, 0.15) is 23.5 Å². The molecule has 0 spiro atoms. The van der Waals surface area contributed by atoms with Crippen molar-refractivity contribution in [3.63, 3.8) is 0 Å². The normalized spacial score (nSPS) is 13.5. The fourth-order valence-corrected chi connectivity index (χ4v) is 3.67. The van der Waals surface area contributed by atoms with Gasteiger partial charge in [-0.15, -0.1) is 0 Å². The molecule has 0 saturated heterocycles. The second-order valence-corrected chi connectivity index (χ2v) is 7.53. The molecule has 0 aliphatic heterocycles. The van der Waals surface area contributed by atoms with E-state index in [0.717, 1.165) is 22.3 Å². The summed E-state index contributed by atoms with van der Waals surface area (Å²) in [4.78, 5) is 35.0. The smallest absolute Gasteiger partial charge is 0.407 e. The van der Waals surface area contributed by atoms with Crippen molar-refractivity contribution in [3.8, 4) is 11.1 Å². The van der Waals surface area contributed by atoms with Crippen LogP contribution < -0.4 is 10.6 Å². The largest absolute Gasteiger partial charge is 0.480 e. The lowest BCUT2D eigenvalue weighted by Crippen LogP contribution is -2.53. The Morgan fingerprint density at radius 1 is 1.06 bits per heavy atom. The molecule has 0 aromatic heterocycles. The predicted octanol–water partition coefficient (Wildman–Crippen LogP) is 2.77. The van der Waals surface area contributed by atoms with E-state index in [2.05, 4.69) is 0 Å². The highest BCUT2D eigenvalue weighted by molar-refractivity contribution is 5.88. The number of nitrogens with one attached hydrogen (secondary N) is 2. The molecule has 0 bridgehead atoms. The zero-order chi connectivity index (χ0) is 24.0. The van der Waals surface area contributed by atoms with Crippen LogP contribution in [0.4, 0.5) is 13.6 Å². The quantitative estimate of drug-likeness (QED) is 0.500. The van der Waals surface area contributed by atoms with Gasteiger partial charge in [0.1, 0.15) is 12.6 Å². The molecule has 8 nitrogen and oxygen atoms in total. The van der Waals surface area contributed by atoms with Crippen molar-refractivity contribution in [1.82, 2.24) is 10.6 Å². The first kappa shape index (κ1) is 24.1. The zero-order valence-corrected chi connectivity index (χ0v) is 17.8. The monoisotopic (exact) mass is 462 g/mol. The fraction of sp³-hybridized carbons (Fsp3) is 0.348. The van der Waals surface area contributed by atoms with Crippen LogP contribution in [0.5, 0.6) is 0 Å². The Kier molecular flexibility index (Phi) is 7.59. The van der Waals surface area contributed by atoms with E-state index in [4.69, 9.17) is 14.6 Å². The van der Waals surface area contributed by atoms with Crippen LogP contribution in [0.15, 0.2) is 48.5 Å². The molecule has 1 atom stereocenters. The van der Waals surface area contributed by atoms with Crippen LogP contribution in [-0.4, -0.2) is 61.9 Å². The number of alkyl carbamates (subject to hydrolysis) is 1. The molecule has 33 heavy (non-hydrogen) atoms. The van der Waals surface area contributed by atoms with Gasteiger partial charge < -0.3 is 25.2 Å². The van der Waals surface area contributed by atoms with E-state index in [1.54, 1.807) is 5.32 Å². The standard InChI is InChI=1S/C23H24F2N2O6/c1-32-11-10-19(20(28)29)27-21(30)23(24,25)13-26-22(31)33-12-18-16-8-4-2-6-14(16)15-7-3-5-9-17(15)18/h2-9,18-19H,10-13H2,1H3,(H,26,31)(H,27,30)(H,28,29). The second kappa shape index (κ2) is 10.4. The predicted molar refractivity (Wildman–Crippen MR) is 114 cm³/mol. The maximum atomic E-state index is 14.2. The lowest BCUT2D eigenvalue weighted by Gasteiger charge is -2.20. The minimum absolute atomic E-state index is 0.0409. The highest BCUT2D eigenvalue weighted by Crippen LogP contribution is 2.44. The van der Waals surface area contributed by atoms with E-state index in [0.29, 0.717) is 0 Å². The first-order valence-electron chi connectivity index (χ1n) is 10.2. The molecule has 2 amide bonds. The SMILES string of the molecule is COCCC(NC(=O)C(F)(F)CNC(=O)OCC1c2ccccc2-c2ccccc21)C(=O)O. The Morgan fingerprint density at radius 2 is 1.64 bits per heavy atom. The Bertz CT molecular complexity index is 984. The lowest BCUT2D eigenvalue weighted by molar-refractivity contribution is -0.151. The molecule has 2 aromatic carbocycles. The molecule has 3 rings (SSSR count). The number of ether oxygens (including phenoxy) is 2. The summed E-state index contributed by atoms with van der Waals surface area (Å²) in [5, 5.41) is 12.7. The molecule has 0 fully saturated rings. The van der Waals surface area contributed by atoms with Crippen molar-refractivity contribution in [2.24, 2.45) is 0 Å². The summed E-state index contributed by atoms with van der Waals surface area (Å²) in [5.74, 6) is -7.57. The van der Waals surface area contributed by atoms with Crippen molar-refractivity contribution in [1.29, 1.82) is 0 Å². The van der Waals surface area contributed by atoms with Crippen molar-refractivity contribution in [2.45, 2.75) is 24.3 Å². The number of rotatable bonds is 10. The summed E-state index contributed by atoms with van der Waals surface area (Å²) in [5.41, 5.74) is 3.97. The third-order valence-corrected chi connectivity index (χ3v) is 5.34. The maximum absolute atomic E-state index is 14.2. The molecule has 3 N–H and O–H groups in total. The number of aliphatic carboxylic acids is 1. The minimum Gasteiger partial charge on any atom is -0.480 e. The third-order valence-electron chi connectivity index (χ3n) is 5.34. The van der Waals surface area contributed by atoms with Crippen LogP contribution in [0.25, 0.3) is 11.1 Å². The molecule has 0 heterocycles. The van der Waals surface area contributed by atoms with E-state index in [1.165, 1.54) is 7.11 Å². The second-order valence-electron chi connectivity index (χ2n) is 7.53. The third kappa shape index (κ3) is 5.64. The number of hydrogen-bond donors (Lipinski definition) is 3. The minimum atomic E-state index is -4.04. The summed E-state index contributed by atoms with van der Waals surface area (Å²) < 4.78 is 38.2. The molecule has 2 aromatic rings. The molecule has 1 unspecified atom stereocenters. The van der Waals surface area contributed by atoms with Gasteiger partial charge >= 0.3 is 18.0 Å². The highest BCUT2D eigenvalue weighted by Gasteiger charge is 2.41. The number of carbonyl (C=O) groups excluding carboxylic acids is 2. The van der Waals surface area contributed by atoms with Crippen LogP contribution in [0, 0.1) is 0 Å². The number of carbonyl (C=O) groups is 3. The van der Waals surface area contributed by atoms with Crippen LogP contribution in [0.3, 0.4) is 0 Å². The van der Waals surface area contributed by atoms with E-state index in [1.807, 2.05) is 53.8 Å². The molecule has 0 saturated carbocycles. The molecule has 176 valence electrons. The average Bonchev–Trinajstić information content (AvgIpc) is 3.12. The molecule has 0 radical (unpaired) electrons. The first-order chi connectivity index (χ1) is 15.7. The van der Waals surface area contributed by atoms with Gasteiger partial charge in [-0.05, 0) is 22.3 Å². The Hall–Kier alpha value is -3.53. The van der Waals surface area contributed by atoms with Crippen LogP contribution in [-0.2, 0) is 19.1 Å². The molecule has 1 aliphatic carbocycles. The van der Waals surface area contributed by atoms with Gasteiger partial charge in [-0.25, -0.2) is 9.59 Å².